The molecule has 0 radical (unpaired) electrons. The highest BCUT2D eigenvalue weighted by Crippen LogP contribution is 2.33. The monoisotopic (exact) mass is 233 g/mol. The van der Waals surface area contributed by atoms with E-state index in [1.165, 1.54) is 0 Å². The molecule has 0 amide bonds. The molecule has 0 atom stereocenters. The summed E-state index contributed by atoms with van der Waals surface area (Å²) in [6.45, 7) is 4.03. The first kappa shape index (κ1) is 11.4. The van der Waals surface area contributed by atoms with E-state index >= 15 is 0 Å². The molecule has 0 aliphatic heterocycles. The maximum atomic E-state index is 5.86. The van der Waals surface area contributed by atoms with Crippen LogP contribution in [0.2, 0.25) is 0 Å². The van der Waals surface area contributed by atoms with Gasteiger partial charge in [0.05, 0.1) is 24.4 Å². The van der Waals surface area contributed by atoms with Crippen LogP contribution in [0.3, 0.4) is 0 Å². The lowest BCUT2D eigenvalue weighted by Gasteiger charge is -2.12. The Hall–Kier alpha value is -2.11. The first-order valence-corrected chi connectivity index (χ1v) is 5.36. The van der Waals surface area contributed by atoms with Gasteiger partial charge >= 0.3 is 0 Å². The number of methoxy groups -OCH3 is 1. The highest BCUT2D eigenvalue weighted by Gasteiger charge is 2.16. The largest absolute Gasteiger partial charge is 0.494 e. The minimum absolute atomic E-state index is 0.172. The molecular weight excluding hydrogens is 218 g/mol. The molecule has 0 bridgehead atoms. The van der Waals surface area contributed by atoms with Gasteiger partial charge in [-0.2, -0.15) is 0 Å². The summed E-state index contributed by atoms with van der Waals surface area (Å²) < 4.78 is 7.03. The third-order valence-corrected chi connectivity index (χ3v) is 2.47. The Kier molecular flexibility index (Phi) is 2.95. The van der Waals surface area contributed by atoms with E-state index in [0.717, 1.165) is 5.56 Å². The van der Waals surface area contributed by atoms with Crippen LogP contribution in [-0.2, 0) is 0 Å². The second-order valence-electron chi connectivity index (χ2n) is 3.97. The molecule has 0 saturated carbocycles. The number of ether oxygens (including phenoxy) is 1. The van der Waals surface area contributed by atoms with Crippen LogP contribution in [0.4, 0.5) is 5.69 Å². The molecule has 17 heavy (non-hydrogen) atoms. The lowest BCUT2D eigenvalue weighted by Crippen LogP contribution is -2.06. The fourth-order valence-corrected chi connectivity index (χ4v) is 1.68. The summed E-state index contributed by atoms with van der Waals surface area (Å²) in [5.74, 6) is 1.26. The van der Waals surface area contributed by atoms with E-state index in [4.69, 9.17) is 10.5 Å². The number of rotatable bonds is 3. The van der Waals surface area contributed by atoms with Gasteiger partial charge in [0.2, 0.25) is 0 Å². The van der Waals surface area contributed by atoms with Crippen molar-refractivity contribution in [3.05, 3.63) is 18.2 Å². The molecule has 0 saturated heterocycles. The van der Waals surface area contributed by atoms with Crippen LogP contribution < -0.4 is 10.5 Å². The predicted molar refractivity (Wildman–Crippen MR) is 64.6 cm³/mol. The second kappa shape index (κ2) is 4.40. The molecule has 0 unspecified atom stereocenters. The fraction of sp³-hybridized carbons (Fsp3) is 0.364. The van der Waals surface area contributed by atoms with Crippen LogP contribution in [0.15, 0.2) is 18.2 Å². The van der Waals surface area contributed by atoms with Crippen molar-refractivity contribution in [2.45, 2.75) is 19.9 Å². The van der Waals surface area contributed by atoms with Crippen LogP contribution in [0.25, 0.3) is 11.4 Å². The number of anilines is 1. The molecule has 1 heterocycles. The van der Waals surface area contributed by atoms with Gasteiger partial charge in [-0.15, -0.1) is 5.10 Å². The number of tetrazole rings is 1. The Morgan fingerprint density at radius 3 is 2.76 bits per heavy atom. The zero-order valence-electron chi connectivity index (χ0n) is 10.1. The van der Waals surface area contributed by atoms with E-state index in [1.807, 2.05) is 26.0 Å². The highest BCUT2D eigenvalue weighted by molar-refractivity contribution is 5.73. The number of hydrogen-bond acceptors (Lipinski definition) is 5. The van der Waals surface area contributed by atoms with E-state index in [-0.39, 0.29) is 6.04 Å². The summed E-state index contributed by atoms with van der Waals surface area (Å²) in [5, 5.41) is 11.7. The van der Waals surface area contributed by atoms with Gasteiger partial charge < -0.3 is 10.5 Å². The van der Waals surface area contributed by atoms with Crippen LogP contribution in [0, 0.1) is 0 Å². The minimum Gasteiger partial charge on any atom is -0.494 e. The molecular formula is C11H15N5O. The van der Waals surface area contributed by atoms with E-state index in [1.54, 1.807) is 17.9 Å². The third-order valence-electron chi connectivity index (χ3n) is 2.47. The standard InChI is InChI=1S/C11H15N5O/c1-7(2)16-11(13-14-15-16)8-5-4-6-9(12)10(8)17-3/h4-7H,12H2,1-3H3. The maximum Gasteiger partial charge on any atom is 0.186 e. The summed E-state index contributed by atoms with van der Waals surface area (Å²) in [7, 11) is 1.58. The number of para-hydroxylation sites is 1. The van der Waals surface area contributed by atoms with Gasteiger partial charge in [0.15, 0.2) is 11.6 Å². The molecule has 0 fully saturated rings. The Bertz CT molecular complexity index is 520. The molecule has 2 rings (SSSR count). The minimum atomic E-state index is 0.172. The molecule has 6 heteroatoms. The number of nitrogens with zero attached hydrogens (tertiary/aromatic N) is 4. The van der Waals surface area contributed by atoms with E-state index in [0.29, 0.717) is 17.3 Å². The van der Waals surface area contributed by atoms with Gasteiger partial charge in [-0.3, -0.25) is 0 Å². The van der Waals surface area contributed by atoms with Crippen molar-refractivity contribution in [3.63, 3.8) is 0 Å². The Labute approximate surface area is 99.4 Å². The summed E-state index contributed by atoms with van der Waals surface area (Å²) in [6, 6.07) is 5.70. The zero-order chi connectivity index (χ0) is 12.4. The number of hydrogen-bond donors (Lipinski definition) is 1. The maximum absolute atomic E-state index is 5.86. The van der Waals surface area contributed by atoms with Gasteiger partial charge in [-0.05, 0) is 36.4 Å². The van der Waals surface area contributed by atoms with Crippen molar-refractivity contribution in [1.29, 1.82) is 0 Å². The van der Waals surface area contributed by atoms with Gasteiger partial charge in [0.25, 0.3) is 0 Å². The van der Waals surface area contributed by atoms with E-state index < -0.39 is 0 Å². The van der Waals surface area contributed by atoms with Crippen molar-refractivity contribution in [1.82, 2.24) is 20.2 Å². The molecule has 1 aromatic carbocycles. The lowest BCUT2D eigenvalue weighted by atomic mass is 10.1. The van der Waals surface area contributed by atoms with Crippen LogP contribution >= 0.6 is 0 Å². The molecule has 2 N–H and O–H groups in total. The number of nitrogen functional groups attached to an aromatic ring is 1. The van der Waals surface area contributed by atoms with Crippen molar-refractivity contribution in [2.24, 2.45) is 0 Å². The first-order valence-electron chi connectivity index (χ1n) is 5.36. The average molecular weight is 233 g/mol. The van der Waals surface area contributed by atoms with Gasteiger partial charge in [-0.1, -0.05) is 6.07 Å². The first-order chi connectivity index (χ1) is 8.15. The molecule has 2 aromatic rings. The van der Waals surface area contributed by atoms with Crippen LogP contribution in [0.1, 0.15) is 19.9 Å². The average Bonchev–Trinajstić information content (AvgIpc) is 2.77. The van der Waals surface area contributed by atoms with E-state index in [9.17, 15) is 0 Å². The van der Waals surface area contributed by atoms with Gasteiger partial charge in [-0.25, -0.2) is 4.68 Å². The Morgan fingerprint density at radius 1 is 1.35 bits per heavy atom. The topological polar surface area (TPSA) is 78.8 Å². The second-order valence-corrected chi connectivity index (χ2v) is 3.97. The van der Waals surface area contributed by atoms with Crippen LogP contribution in [0.5, 0.6) is 5.75 Å². The van der Waals surface area contributed by atoms with Gasteiger partial charge in [0, 0.05) is 0 Å². The van der Waals surface area contributed by atoms with Crippen molar-refractivity contribution < 1.29 is 4.74 Å². The van der Waals surface area contributed by atoms with Crippen molar-refractivity contribution in [2.75, 3.05) is 12.8 Å². The predicted octanol–water partition coefficient (Wildman–Crippen LogP) is 1.51. The highest BCUT2D eigenvalue weighted by atomic mass is 16.5. The molecule has 0 aliphatic carbocycles. The summed E-state index contributed by atoms with van der Waals surface area (Å²) in [5.41, 5.74) is 7.23. The SMILES string of the molecule is COc1c(N)cccc1-c1nnnn1C(C)C. The summed E-state index contributed by atoms with van der Waals surface area (Å²) in [4.78, 5) is 0. The normalized spacial score (nSPS) is 10.8. The molecule has 1 aromatic heterocycles. The quantitative estimate of drug-likeness (QED) is 0.813. The lowest BCUT2D eigenvalue weighted by molar-refractivity contribution is 0.417. The van der Waals surface area contributed by atoms with E-state index in [2.05, 4.69) is 15.5 Å². The molecule has 0 spiro atoms. The van der Waals surface area contributed by atoms with Gasteiger partial charge in [0.1, 0.15) is 0 Å². The Morgan fingerprint density at radius 2 is 2.12 bits per heavy atom. The summed E-state index contributed by atoms with van der Waals surface area (Å²) in [6.07, 6.45) is 0. The van der Waals surface area contributed by atoms with Crippen molar-refractivity contribution >= 4 is 5.69 Å². The number of nitrogens with two attached hydrogens (primary N) is 1. The fourth-order valence-electron chi connectivity index (χ4n) is 1.68. The summed E-state index contributed by atoms with van der Waals surface area (Å²) >= 11 is 0. The Balaban J connectivity index is 2.60. The number of aromatic nitrogens is 4. The molecule has 0 aliphatic rings. The van der Waals surface area contributed by atoms with Crippen molar-refractivity contribution in [3.8, 4) is 17.1 Å². The molecule has 90 valence electrons. The van der Waals surface area contributed by atoms with Crippen LogP contribution in [-0.4, -0.2) is 27.3 Å². The number of benzene rings is 1. The smallest absolute Gasteiger partial charge is 0.186 e. The zero-order valence-corrected chi connectivity index (χ0v) is 10.1. The third kappa shape index (κ3) is 1.93. The molecule has 6 nitrogen and oxygen atoms in total.